The van der Waals surface area contributed by atoms with Crippen molar-refractivity contribution < 1.29 is 9.68 Å². The van der Waals surface area contributed by atoms with Crippen molar-refractivity contribution in [2.24, 2.45) is 4.99 Å². The van der Waals surface area contributed by atoms with Crippen molar-refractivity contribution in [1.29, 1.82) is 0 Å². The lowest BCUT2D eigenvalue weighted by atomic mass is 10.2. The van der Waals surface area contributed by atoms with Crippen molar-refractivity contribution in [2.75, 3.05) is 14.2 Å². The molecule has 0 aliphatic heterocycles. The van der Waals surface area contributed by atoms with E-state index in [9.17, 15) is 0 Å². The van der Waals surface area contributed by atoms with Crippen LogP contribution in [0.25, 0.3) is 0 Å². The van der Waals surface area contributed by atoms with Crippen LogP contribution in [0.15, 0.2) is 35.3 Å². The summed E-state index contributed by atoms with van der Waals surface area (Å²) in [4.78, 5) is 13.7. The first-order valence-corrected chi connectivity index (χ1v) is 4.53. The number of aliphatic imine (C=N–C) groups is 1. The smallest absolute Gasteiger partial charge is 0.240 e. The topological polar surface area (TPSA) is 54.9 Å². The molecule has 5 nitrogen and oxygen atoms in total. The van der Waals surface area contributed by atoms with Gasteiger partial charge in [0.2, 0.25) is 5.96 Å². The predicted molar refractivity (Wildman–Crippen MR) is 57.9 cm³/mol. The quantitative estimate of drug-likeness (QED) is 0.438. The van der Waals surface area contributed by atoms with Crippen LogP contribution in [0.1, 0.15) is 5.56 Å². The lowest BCUT2D eigenvalue weighted by molar-refractivity contribution is 0.0998. The van der Waals surface area contributed by atoms with Gasteiger partial charge in [-0.3, -0.25) is 9.68 Å². The molecule has 1 aromatic rings. The van der Waals surface area contributed by atoms with Gasteiger partial charge in [0.05, 0.1) is 20.8 Å². The third-order valence-electron chi connectivity index (χ3n) is 1.66. The number of rotatable bonds is 4. The van der Waals surface area contributed by atoms with Crippen LogP contribution in [0, 0.1) is 0 Å². The van der Waals surface area contributed by atoms with E-state index in [0.717, 1.165) is 5.56 Å². The standard InChI is InChI=1S/C10H15N3O2/c1-14-12-10(13-15-2)11-8-9-6-4-3-5-7-9/h3-7H,8H2,1-2H3,(H2,11,12,13). The molecule has 0 atom stereocenters. The highest BCUT2D eigenvalue weighted by molar-refractivity contribution is 5.77. The van der Waals surface area contributed by atoms with E-state index in [1.54, 1.807) is 0 Å². The van der Waals surface area contributed by atoms with Gasteiger partial charge in [0.1, 0.15) is 0 Å². The number of benzene rings is 1. The molecule has 2 N–H and O–H groups in total. The molecule has 82 valence electrons. The highest BCUT2D eigenvalue weighted by Gasteiger charge is 1.95. The molecular weight excluding hydrogens is 194 g/mol. The number of nitrogens with zero attached hydrogens (tertiary/aromatic N) is 1. The van der Waals surface area contributed by atoms with Gasteiger partial charge in [-0.25, -0.2) is 16.0 Å². The third kappa shape index (κ3) is 4.44. The first kappa shape index (κ1) is 11.5. The molecule has 0 bridgehead atoms. The predicted octanol–water partition coefficient (Wildman–Crippen LogP) is 0.845. The summed E-state index contributed by atoms with van der Waals surface area (Å²) in [6.07, 6.45) is 0. The molecule has 0 saturated heterocycles. The van der Waals surface area contributed by atoms with Gasteiger partial charge >= 0.3 is 0 Å². The summed E-state index contributed by atoms with van der Waals surface area (Å²) in [5.74, 6) is 0.434. The van der Waals surface area contributed by atoms with Crippen molar-refractivity contribution in [1.82, 2.24) is 11.0 Å². The zero-order valence-corrected chi connectivity index (χ0v) is 8.86. The maximum Gasteiger partial charge on any atom is 0.240 e. The van der Waals surface area contributed by atoms with E-state index < -0.39 is 0 Å². The Balaban J connectivity index is 2.53. The van der Waals surface area contributed by atoms with Gasteiger partial charge in [-0.05, 0) is 5.56 Å². The second kappa shape index (κ2) is 6.80. The number of nitrogens with one attached hydrogen (secondary N) is 2. The molecule has 1 rings (SSSR count). The van der Waals surface area contributed by atoms with Crippen LogP contribution < -0.4 is 11.0 Å². The maximum atomic E-state index is 4.72. The molecule has 0 fully saturated rings. The van der Waals surface area contributed by atoms with Crippen molar-refractivity contribution >= 4 is 5.96 Å². The summed E-state index contributed by atoms with van der Waals surface area (Å²) >= 11 is 0. The fourth-order valence-corrected chi connectivity index (χ4v) is 1.03. The summed E-state index contributed by atoms with van der Waals surface area (Å²) in [6, 6.07) is 9.91. The SMILES string of the molecule is CONC(=NCc1ccccc1)NOC. The summed E-state index contributed by atoms with van der Waals surface area (Å²) in [5, 5.41) is 0. The first-order chi connectivity index (χ1) is 7.36. The summed E-state index contributed by atoms with van der Waals surface area (Å²) in [6.45, 7) is 0.558. The van der Waals surface area contributed by atoms with Crippen LogP contribution in [0.2, 0.25) is 0 Å². The Morgan fingerprint density at radius 3 is 2.27 bits per heavy atom. The van der Waals surface area contributed by atoms with E-state index in [-0.39, 0.29) is 0 Å². The Kier molecular flexibility index (Phi) is 5.21. The zero-order valence-electron chi connectivity index (χ0n) is 8.86. The molecule has 0 unspecified atom stereocenters. The number of hydrogen-bond donors (Lipinski definition) is 2. The Bertz CT molecular complexity index is 293. The van der Waals surface area contributed by atoms with Crippen molar-refractivity contribution in [2.45, 2.75) is 6.54 Å². The molecular formula is C10H15N3O2. The molecule has 15 heavy (non-hydrogen) atoms. The first-order valence-electron chi connectivity index (χ1n) is 4.53. The van der Waals surface area contributed by atoms with E-state index in [2.05, 4.69) is 16.0 Å². The fraction of sp³-hybridized carbons (Fsp3) is 0.300. The third-order valence-corrected chi connectivity index (χ3v) is 1.66. The fourth-order valence-electron chi connectivity index (χ4n) is 1.03. The average Bonchev–Trinajstić information content (AvgIpc) is 2.28. The highest BCUT2D eigenvalue weighted by Crippen LogP contribution is 1.99. The molecule has 0 saturated carbocycles. The van der Waals surface area contributed by atoms with Gasteiger partial charge in [0.15, 0.2) is 0 Å². The normalized spacial score (nSPS) is 9.47. The molecule has 0 aliphatic rings. The summed E-state index contributed by atoms with van der Waals surface area (Å²) < 4.78 is 0. The van der Waals surface area contributed by atoms with Gasteiger partial charge in [0.25, 0.3) is 0 Å². The van der Waals surface area contributed by atoms with Crippen LogP contribution >= 0.6 is 0 Å². The molecule has 0 amide bonds. The zero-order chi connectivity index (χ0) is 10.9. The van der Waals surface area contributed by atoms with Crippen molar-refractivity contribution in [3.63, 3.8) is 0 Å². The van der Waals surface area contributed by atoms with Crippen LogP contribution in [-0.4, -0.2) is 20.2 Å². The van der Waals surface area contributed by atoms with Crippen LogP contribution in [-0.2, 0) is 16.2 Å². The Morgan fingerprint density at radius 2 is 1.73 bits per heavy atom. The van der Waals surface area contributed by atoms with Gasteiger partial charge in [-0.1, -0.05) is 30.3 Å². The number of hydrogen-bond acceptors (Lipinski definition) is 3. The lowest BCUT2D eigenvalue weighted by Crippen LogP contribution is -2.35. The van der Waals surface area contributed by atoms with E-state index in [1.165, 1.54) is 14.2 Å². The van der Waals surface area contributed by atoms with Gasteiger partial charge in [-0.2, -0.15) is 0 Å². The largest absolute Gasteiger partial charge is 0.277 e. The summed E-state index contributed by atoms with van der Waals surface area (Å²) in [7, 11) is 3.02. The van der Waals surface area contributed by atoms with E-state index in [4.69, 9.17) is 9.68 Å². The van der Waals surface area contributed by atoms with Crippen LogP contribution in [0.4, 0.5) is 0 Å². The average molecular weight is 209 g/mol. The summed E-state index contributed by atoms with van der Waals surface area (Å²) in [5.41, 5.74) is 6.25. The van der Waals surface area contributed by atoms with Crippen molar-refractivity contribution in [3.8, 4) is 0 Å². The van der Waals surface area contributed by atoms with Gasteiger partial charge in [-0.15, -0.1) is 0 Å². The van der Waals surface area contributed by atoms with Crippen molar-refractivity contribution in [3.05, 3.63) is 35.9 Å². The number of hydroxylamine groups is 2. The van der Waals surface area contributed by atoms with E-state index >= 15 is 0 Å². The monoisotopic (exact) mass is 209 g/mol. The molecule has 0 aliphatic carbocycles. The minimum atomic E-state index is 0.434. The minimum Gasteiger partial charge on any atom is -0.277 e. The molecule has 0 radical (unpaired) electrons. The van der Waals surface area contributed by atoms with Gasteiger partial charge in [0, 0.05) is 0 Å². The lowest BCUT2D eigenvalue weighted by Gasteiger charge is -2.07. The van der Waals surface area contributed by atoms with Crippen LogP contribution in [0.5, 0.6) is 0 Å². The second-order valence-corrected chi connectivity index (χ2v) is 2.76. The van der Waals surface area contributed by atoms with E-state index in [1.807, 2.05) is 30.3 Å². The molecule has 0 spiro atoms. The maximum absolute atomic E-state index is 4.72. The molecule has 1 aromatic carbocycles. The minimum absolute atomic E-state index is 0.434. The molecule has 5 heteroatoms. The Hall–Kier alpha value is -1.59. The Morgan fingerprint density at radius 1 is 1.13 bits per heavy atom. The Labute approximate surface area is 89.0 Å². The number of guanidine groups is 1. The highest BCUT2D eigenvalue weighted by atomic mass is 16.7. The molecule has 0 aromatic heterocycles. The second-order valence-electron chi connectivity index (χ2n) is 2.76. The van der Waals surface area contributed by atoms with E-state index in [0.29, 0.717) is 12.5 Å². The van der Waals surface area contributed by atoms with Gasteiger partial charge < -0.3 is 0 Å². The molecule has 0 heterocycles. The van der Waals surface area contributed by atoms with Crippen LogP contribution in [0.3, 0.4) is 0 Å².